The van der Waals surface area contributed by atoms with Crippen molar-refractivity contribution in [1.82, 2.24) is 15.1 Å². The molecule has 7 heteroatoms. The molecule has 2 aromatic carbocycles. The number of benzene rings is 2. The first-order valence-corrected chi connectivity index (χ1v) is 13.2. The molecule has 2 saturated heterocycles. The summed E-state index contributed by atoms with van der Waals surface area (Å²) in [5.41, 5.74) is 4.09. The third kappa shape index (κ3) is 6.50. The maximum absolute atomic E-state index is 12.9. The molecule has 2 aliphatic heterocycles. The van der Waals surface area contributed by atoms with Gasteiger partial charge in [-0.25, -0.2) is 4.79 Å². The van der Waals surface area contributed by atoms with Gasteiger partial charge in [-0.1, -0.05) is 30.3 Å². The fraction of sp³-hybridized carbons (Fsp3) is 0.517. The number of rotatable bonds is 7. The molecule has 0 saturated carbocycles. The number of amides is 2. The van der Waals surface area contributed by atoms with Gasteiger partial charge in [0.25, 0.3) is 0 Å². The molecule has 0 radical (unpaired) electrons. The number of piperidine rings is 1. The van der Waals surface area contributed by atoms with Crippen LogP contribution >= 0.6 is 0 Å². The summed E-state index contributed by atoms with van der Waals surface area (Å²) in [4.78, 5) is 21.7. The molecule has 4 rings (SSSR count). The zero-order valence-electron chi connectivity index (χ0n) is 22.0. The standard InChI is InChI=1S/C29H40N6O/c1-23-21-34(27-10-9-26(20-30)28(19-27)32(2)3)17-18-35(23)29(36)31-14-11-24-12-15-33(16-13-24)22-25-7-5-4-6-8-25/h4-10,19,23-24H,11-18,21-22H2,1-3H3,(H,31,36)/t23-/m1/s1. The Morgan fingerprint density at radius 3 is 2.50 bits per heavy atom. The number of carbonyl (C=O) groups is 1. The van der Waals surface area contributed by atoms with Crippen LogP contribution in [0.4, 0.5) is 16.2 Å². The van der Waals surface area contributed by atoms with Crippen LogP contribution in [0, 0.1) is 17.2 Å². The molecular formula is C29H40N6O. The van der Waals surface area contributed by atoms with E-state index in [2.05, 4.69) is 64.5 Å². The lowest BCUT2D eigenvalue weighted by Crippen LogP contribution is -2.56. The first kappa shape index (κ1) is 25.8. The summed E-state index contributed by atoms with van der Waals surface area (Å²) in [6, 6.07) is 19.1. The third-order valence-corrected chi connectivity index (χ3v) is 7.62. The summed E-state index contributed by atoms with van der Waals surface area (Å²) in [6.07, 6.45) is 3.46. The van der Waals surface area contributed by atoms with E-state index in [4.69, 9.17) is 0 Å². The molecule has 0 aliphatic carbocycles. The van der Waals surface area contributed by atoms with E-state index in [-0.39, 0.29) is 12.1 Å². The van der Waals surface area contributed by atoms with Crippen molar-refractivity contribution in [2.24, 2.45) is 5.92 Å². The fourth-order valence-corrected chi connectivity index (χ4v) is 5.43. The van der Waals surface area contributed by atoms with Crippen molar-refractivity contribution >= 4 is 17.4 Å². The maximum Gasteiger partial charge on any atom is 0.317 e. The summed E-state index contributed by atoms with van der Waals surface area (Å²) in [7, 11) is 3.91. The molecule has 2 aromatic rings. The van der Waals surface area contributed by atoms with Crippen molar-refractivity contribution < 1.29 is 4.79 Å². The van der Waals surface area contributed by atoms with Crippen LogP contribution in [0.25, 0.3) is 0 Å². The minimum atomic E-state index is 0.0532. The first-order valence-electron chi connectivity index (χ1n) is 13.2. The molecule has 36 heavy (non-hydrogen) atoms. The van der Waals surface area contributed by atoms with Crippen LogP contribution in [0.1, 0.15) is 37.3 Å². The number of carbonyl (C=O) groups excluding carboxylic acids is 1. The molecule has 192 valence electrons. The molecule has 0 bridgehead atoms. The van der Waals surface area contributed by atoms with E-state index in [1.165, 1.54) is 18.4 Å². The summed E-state index contributed by atoms with van der Waals surface area (Å²) in [6.45, 7) is 8.44. The molecule has 1 atom stereocenters. The van der Waals surface area contributed by atoms with Crippen molar-refractivity contribution in [1.29, 1.82) is 5.26 Å². The monoisotopic (exact) mass is 488 g/mol. The van der Waals surface area contributed by atoms with Crippen LogP contribution in [-0.2, 0) is 6.54 Å². The molecule has 7 nitrogen and oxygen atoms in total. The Morgan fingerprint density at radius 2 is 1.83 bits per heavy atom. The van der Waals surface area contributed by atoms with Crippen molar-refractivity contribution in [3.63, 3.8) is 0 Å². The zero-order valence-corrected chi connectivity index (χ0v) is 22.0. The molecule has 2 aliphatic rings. The van der Waals surface area contributed by atoms with Crippen molar-refractivity contribution in [3.8, 4) is 6.07 Å². The fourth-order valence-electron chi connectivity index (χ4n) is 5.43. The van der Waals surface area contributed by atoms with Gasteiger partial charge in [0, 0.05) is 58.5 Å². The largest absolute Gasteiger partial charge is 0.377 e. The zero-order chi connectivity index (χ0) is 25.5. The lowest BCUT2D eigenvalue weighted by atomic mass is 9.93. The summed E-state index contributed by atoms with van der Waals surface area (Å²) < 4.78 is 0. The topological polar surface area (TPSA) is 65.9 Å². The number of nitriles is 1. The van der Waals surface area contributed by atoms with E-state index in [1.807, 2.05) is 36.0 Å². The molecule has 2 heterocycles. The Morgan fingerprint density at radius 1 is 1.08 bits per heavy atom. The van der Waals surface area contributed by atoms with Crippen LogP contribution in [-0.4, -0.2) is 75.2 Å². The van der Waals surface area contributed by atoms with Crippen LogP contribution < -0.4 is 15.1 Å². The summed E-state index contributed by atoms with van der Waals surface area (Å²) >= 11 is 0. The van der Waals surface area contributed by atoms with E-state index in [9.17, 15) is 10.1 Å². The van der Waals surface area contributed by atoms with Gasteiger partial charge < -0.3 is 20.0 Å². The number of nitrogens with zero attached hydrogens (tertiary/aromatic N) is 5. The Hall–Kier alpha value is -3.24. The molecule has 0 aromatic heterocycles. The molecule has 2 amide bonds. The van der Waals surface area contributed by atoms with Crippen LogP contribution in [0.5, 0.6) is 0 Å². The average molecular weight is 489 g/mol. The van der Waals surface area contributed by atoms with Gasteiger partial charge in [0.05, 0.1) is 11.3 Å². The SMILES string of the molecule is C[C@@H]1CN(c2ccc(C#N)c(N(C)C)c2)CCN1C(=O)NCCC1CCN(Cc2ccccc2)CC1. The highest BCUT2D eigenvalue weighted by atomic mass is 16.2. The normalized spacial score (nSPS) is 19.1. The van der Waals surface area contributed by atoms with Crippen molar-refractivity contribution in [2.75, 3.05) is 63.2 Å². The predicted molar refractivity (Wildman–Crippen MR) is 146 cm³/mol. The second-order valence-corrected chi connectivity index (χ2v) is 10.4. The van der Waals surface area contributed by atoms with Gasteiger partial charge in [-0.15, -0.1) is 0 Å². The Bertz CT molecular complexity index is 1040. The minimum absolute atomic E-state index is 0.0532. The third-order valence-electron chi connectivity index (χ3n) is 7.62. The minimum Gasteiger partial charge on any atom is -0.377 e. The number of hydrogen-bond donors (Lipinski definition) is 1. The number of likely N-dealkylation sites (tertiary alicyclic amines) is 1. The van der Waals surface area contributed by atoms with Gasteiger partial charge in [-0.3, -0.25) is 4.90 Å². The number of hydrogen-bond acceptors (Lipinski definition) is 5. The maximum atomic E-state index is 12.9. The quantitative estimate of drug-likeness (QED) is 0.634. The molecule has 2 fully saturated rings. The van der Waals surface area contributed by atoms with E-state index in [0.29, 0.717) is 18.0 Å². The highest BCUT2D eigenvalue weighted by molar-refractivity contribution is 5.75. The van der Waals surface area contributed by atoms with Gasteiger partial charge in [0.1, 0.15) is 6.07 Å². The highest BCUT2D eigenvalue weighted by Crippen LogP contribution is 2.27. The Balaban J connectivity index is 1.19. The predicted octanol–water partition coefficient (Wildman–Crippen LogP) is 4.15. The van der Waals surface area contributed by atoms with Crippen molar-refractivity contribution in [2.45, 2.75) is 38.8 Å². The number of anilines is 2. The van der Waals surface area contributed by atoms with Gasteiger partial charge >= 0.3 is 6.03 Å². The second-order valence-electron chi connectivity index (χ2n) is 10.4. The van der Waals surface area contributed by atoms with Gasteiger partial charge in [0.15, 0.2) is 0 Å². The van der Waals surface area contributed by atoms with Crippen LogP contribution in [0.3, 0.4) is 0 Å². The number of urea groups is 1. The molecule has 0 spiro atoms. The van der Waals surface area contributed by atoms with E-state index < -0.39 is 0 Å². The van der Waals surface area contributed by atoms with Crippen molar-refractivity contribution in [3.05, 3.63) is 59.7 Å². The highest BCUT2D eigenvalue weighted by Gasteiger charge is 2.28. The molecule has 0 unspecified atom stereocenters. The van der Waals surface area contributed by atoms with E-state index in [0.717, 1.165) is 57.1 Å². The summed E-state index contributed by atoms with van der Waals surface area (Å²) in [5, 5.41) is 12.6. The van der Waals surface area contributed by atoms with E-state index in [1.54, 1.807) is 0 Å². The first-order chi connectivity index (χ1) is 17.4. The van der Waals surface area contributed by atoms with E-state index >= 15 is 0 Å². The molecular weight excluding hydrogens is 448 g/mol. The van der Waals surface area contributed by atoms with Crippen LogP contribution in [0.15, 0.2) is 48.5 Å². The number of nitrogens with one attached hydrogen (secondary N) is 1. The van der Waals surface area contributed by atoms with Gasteiger partial charge in [0.2, 0.25) is 0 Å². The van der Waals surface area contributed by atoms with Crippen LogP contribution in [0.2, 0.25) is 0 Å². The lowest BCUT2D eigenvalue weighted by molar-refractivity contribution is 0.162. The Kier molecular flexibility index (Phi) is 8.71. The Labute approximate surface area is 216 Å². The smallest absolute Gasteiger partial charge is 0.317 e. The van der Waals surface area contributed by atoms with Gasteiger partial charge in [-0.2, -0.15) is 5.26 Å². The summed E-state index contributed by atoms with van der Waals surface area (Å²) in [5.74, 6) is 0.689. The molecule has 1 N–H and O–H groups in total. The average Bonchev–Trinajstić information content (AvgIpc) is 2.89. The second kappa shape index (κ2) is 12.1. The van der Waals surface area contributed by atoms with Gasteiger partial charge in [-0.05, 0) is 69.0 Å². The lowest BCUT2D eigenvalue weighted by Gasteiger charge is -2.41. The number of piperazine rings is 1.